The maximum atomic E-state index is 11.8. The van der Waals surface area contributed by atoms with E-state index < -0.39 is 0 Å². The molecule has 0 fully saturated rings. The summed E-state index contributed by atoms with van der Waals surface area (Å²) >= 11 is 7.42. The average molecular weight is 430 g/mol. The van der Waals surface area contributed by atoms with E-state index in [0.717, 1.165) is 14.9 Å². The van der Waals surface area contributed by atoms with Crippen LogP contribution in [0.15, 0.2) is 11.4 Å². The van der Waals surface area contributed by atoms with E-state index in [0.29, 0.717) is 11.4 Å². The molecule has 1 atom stereocenters. The Morgan fingerprint density at radius 3 is 2.71 bits per heavy atom. The molecule has 0 aliphatic rings. The van der Waals surface area contributed by atoms with Crippen LogP contribution in [0.25, 0.3) is 0 Å². The standard InChI is InChI=1S/C12H17BrINOS/c1-12(2,3)5-9(13)6-15-11(16)8-4-10(14)17-7-8/h4,7,9H,5-6H2,1-3H3,(H,15,16). The summed E-state index contributed by atoms with van der Waals surface area (Å²) < 4.78 is 1.14. The van der Waals surface area contributed by atoms with Crippen molar-refractivity contribution in [3.05, 3.63) is 19.9 Å². The Bertz CT molecular complexity index is 386. The lowest BCUT2D eigenvalue weighted by Gasteiger charge is -2.22. The third kappa shape index (κ3) is 6.20. The molecule has 17 heavy (non-hydrogen) atoms. The fourth-order valence-electron chi connectivity index (χ4n) is 1.47. The van der Waals surface area contributed by atoms with Crippen LogP contribution < -0.4 is 5.32 Å². The van der Waals surface area contributed by atoms with Crippen molar-refractivity contribution in [3.63, 3.8) is 0 Å². The minimum Gasteiger partial charge on any atom is -0.351 e. The number of carbonyl (C=O) groups is 1. The van der Waals surface area contributed by atoms with Crippen molar-refractivity contribution in [1.82, 2.24) is 5.32 Å². The molecule has 0 saturated carbocycles. The Kier molecular flexibility index (Phi) is 5.92. The second-order valence-corrected chi connectivity index (χ2v) is 9.31. The molecule has 1 aromatic rings. The number of rotatable bonds is 4. The van der Waals surface area contributed by atoms with Crippen LogP contribution in [-0.2, 0) is 0 Å². The molecule has 1 unspecified atom stereocenters. The van der Waals surface area contributed by atoms with Crippen LogP contribution in [0.2, 0.25) is 0 Å². The van der Waals surface area contributed by atoms with E-state index >= 15 is 0 Å². The van der Waals surface area contributed by atoms with Crippen molar-refractivity contribution in [2.24, 2.45) is 5.41 Å². The lowest BCUT2D eigenvalue weighted by atomic mass is 9.90. The molecule has 0 aromatic carbocycles. The van der Waals surface area contributed by atoms with Crippen LogP contribution in [0.5, 0.6) is 0 Å². The third-order valence-electron chi connectivity index (χ3n) is 2.15. The van der Waals surface area contributed by atoms with Crippen molar-refractivity contribution in [2.45, 2.75) is 32.0 Å². The quantitative estimate of drug-likeness (QED) is 0.561. The van der Waals surface area contributed by atoms with Crippen molar-refractivity contribution >= 4 is 55.8 Å². The van der Waals surface area contributed by atoms with E-state index in [1.807, 2.05) is 11.4 Å². The Balaban J connectivity index is 2.38. The summed E-state index contributed by atoms with van der Waals surface area (Å²) in [5, 5.41) is 4.85. The molecule has 96 valence electrons. The lowest BCUT2D eigenvalue weighted by molar-refractivity contribution is 0.0953. The minimum atomic E-state index is 0.0162. The highest BCUT2D eigenvalue weighted by Crippen LogP contribution is 2.24. The van der Waals surface area contributed by atoms with Gasteiger partial charge in [0.05, 0.1) is 8.45 Å². The zero-order valence-electron chi connectivity index (χ0n) is 10.2. The molecule has 1 rings (SSSR count). The summed E-state index contributed by atoms with van der Waals surface area (Å²) in [4.78, 5) is 12.1. The molecule has 5 heteroatoms. The summed E-state index contributed by atoms with van der Waals surface area (Å²) in [6.07, 6.45) is 1.04. The Morgan fingerprint density at radius 1 is 1.59 bits per heavy atom. The number of halogens is 2. The highest BCUT2D eigenvalue weighted by molar-refractivity contribution is 14.1. The molecule has 0 spiro atoms. The Labute approximate surface area is 129 Å². The second kappa shape index (κ2) is 6.52. The zero-order valence-corrected chi connectivity index (χ0v) is 14.8. The number of carbonyl (C=O) groups excluding carboxylic acids is 1. The number of nitrogens with one attached hydrogen (secondary N) is 1. The normalized spacial score (nSPS) is 13.5. The average Bonchev–Trinajstić information content (AvgIpc) is 2.58. The van der Waals surface area contributed by atoms with Gasteiger partial charge >= 0.3 is 0 Å². The molecule has 1 aromatic heterocycles. The largest absolute Gasteiger partial charge is 0.351 e. The second-order valence-electron chi connectivity index (χ2n) is 5.21. The van der Waals surface area contributed by atoms with Gasteiger partial charge in [-0.25, -0.2) is 0 Å². The van der Waals surface area contributed by atoms with E-state index in [1.54, 1.807) is 11.3 Å². The van der Waals surface area contributed by atoms with Gasteiger partial charge in [-0.05, 0) is 40.5 Å². The highest BCUT2D eigenvalue weighted by Gasteiger charge is 2.17. The number of amides is 1. The zero-order chi connectivity index (χ0) is 13.1. The van der Waals surface area contributed by atoms with Crippen LogP contribution in [0.1, 0.15) is 37.6 Å². The highest BCUT2D eigenvalue weighted by atomic mass is 127. The van der Waals surface area contributed by atoms with Gasteiger partial charge in [0, 0.05) is 16.8 Å². The van der Waals surface area contributed by atoms with Gasteiger partial charge in [-0.1, -0.05) is 36.7 Å². The molecular formula is C12H17BrINOS. The maximum Gasteiger partial charge on any atom is 0.252 e. The lowest BCUT2D eigenvalue weighted by Crippen LogP contribution is -2.31. The monoisotopic (exact) mass is 429 g/mol. The smallest absolute Gasteiger partial charge is 0.252 e. The first-order valence-corrected chi connectivity index (χ1v) is 8.31. The Morgan fingerprint density at radius 2 is 2.24 bits per heavy atom. The molecule has 1 heterocycles. The number of hydrogen-bond donors (Lipinski definition) is 1. The van der Waals surface area contributed by atoms with Crippen LogP contribution >= 0.6 is 49.9 Å². The predicted octanol–water partition coefficient (Wildman–Crippen LogP) is 4.28. The van der Waals surface area contributed by atoms with Gasteiger partial charge in [0.2, 0.25) is 0 Å². The fraction of sp³-hybridized carbons (Fsp3) is 0.583. The van der Waals surface area contributed by atoms with E-state index in [9.17, 15) is 4.79 Å². The molecule has 0 aliphatic carbocycles. The van der Waals surface area contributed by atoms with Gasteiger partial charge < -0.3 is 5.32 Å². The fourth-order valence-corrected chi connectivity index (χ4v) is 3.93. The van der Waals surface area contributed by atoms with Gasteiger partial charge in [0.25, 0.3) is 5.91 Å². The molecule has 0 bridgehead atoms. The van der Waals surface area contributed by atoms with E-state index in [4.69, 9.17) is 0 Å². The maximum absolute atomic E-state index is 11.8. The van der Waals surface area contributed by atoms with Gasteiger partial charge in [-0.15, -0.1) is 11.3 Å². The molecule has 2 nitrogen and oxygen atoms in total. The summed E-state index contributed by atoms with van der Waals surface area (Å²) in [5.74, 6) is 0.0162. The summed E-state index contributed by atoms with van der Waals surface area (Å²) in [5.41, 5.74) is 1.03. The predicted molar refractivity (Wildman–Crippen MR) is 86.2 cm³/mol. The van der Waals surface area contributed by atoms with Crippen LogP contribution in [-0.4, -0.2) is 17.3 Å². The van der Waals surface area contributed by atoms with Crippen molar-refractivity contribution in [2.75, 3.05) is 6.54 Å². The Hall–Kier alpha value is 0.380. The molecule has 1 amide bonds. The number of thiophene rings is 1. The van der Waals surface area contributed by atoms with Crippen LogP contribution in [0, 0.1) is 8.30 Å². The number of alkyl halides is 1. The molecule has 1 N–H and O–H groups in total. The SMILES string of the molecule is CC(C)(C)CC(Br)CNC(=O)c1csc(I)c1. The van der Waals surface area contributed by atoms with E-state index in [2.05, 4.69) is 64.6 Å². The first kappa shape index (κ1) is 15.4. The van der Waals surface area contributed by atoms with Gasteiger partial charge in [0.1, 0.15) is 0 Å². The summed E-state index contributed by atoms with van der Waals surface area (Å²) in [6, 6.07) is 1.91. The molecular weight excluding hydrogens is 413 g/mol. The third-order valence-corrected chi connectivity index (χ3v) is 4.58. The van der Waals surface area contributed by atoms with Gasteiger partial charge in [-0.3, -0.25) is 4.79 Å². The summed E-state index contributed by atoms with van der Waals surface area (Å²) in [6.45, 7) is 7.27. The summed E-state index contributed by atoms with van der Waals surface area (Å²) in [7, 11) is 0. The molecule has 0 radical (unpaired) electrons. The van der Waals surface area contributed by atoms with E-state index in [-0.39, 0.29) is 11.3 Å². The van der Waals surface area contributed by atoms with Crippen molar-refractivity contribution in [1.29, 1.82) is 0 Å². The topological polar surface area (TPSA) is 29.1 Å². The van der Waals surface area contributed by atoms with Crippen LogP contribution in [0.3, 0.4) is 0 Å². The van der Waals surface area contributed by atoms with Gasteiger partial charge in [-0.2, -0.15) is 0 Å². The van der Waals surface area contributed by atoms with Crippen molar-refractivity contribution in [3.8, 4) is 0 Å². The van der Waals surface area contributed by atoms with Crippen LogP contribution in [0.4, 0.5) is 0 Å². The van der Waals surface area contributed by atoms with Gasteiger partial charge in [0.15, 0.2) is 0 Å². The molecule has 0 aliphatic heterocycles. The first-order valence-electron chi connectivity index (χ1n) is 5.44. The first-order chi connectivity index (χ1) is 7.78. The molecule has 0 saturated heterocycles. The minimum absolute atomic E-state index is 0.0162. The number of hydrogen-bond acceptors (Lipinski definition) is 2. The van der Waals surface area contributed by atoms with Crippen molar-refractivity contribution < 1.29 is 4.79 Å². The van der Waals surface area contributed by atoms with E-state index in [1.165, 1.54) is 0 Å².